The van der Waals surface area contributed by atoms with E-state index in [1.54, 1.807) is 6.92 Å². The monoisotopic (exact) mass is 305 g/mol. The fraction of sp³-hybridized carbons (Fsp3) is 0.0667. The van der Waals surface area contributed by atoms with Crippen LogP contribution in [-0.4, -0.2) is 16.7 Å². The number of carbonyl (C=O) groups is 1. The maximum atomic E-state index is 13.5. The summed E-state index contributed by atoms with van der Waals surface area (Å²) in [5, 5.41) is 13.5. The van der Waals surface area contributed by atoms with E-state index in [9.17, 15) is 18.7 Å². The zero-order valence-corrected chi connectivity index (χ0v) is 11.6. The normalized spacial score (nSPS) is 11.3. The molecule has 0 bridgehead atoms. The molecule has 0 aliphatic rings. The minimum absolute atomic E-state index is 0.00894. The van der Waals surface area contributed by atoms with E-state index in [2.05, 4.69) is 10.5 Å². The van der Waals surface area contributed by atoms with Crippen LogP contribution in [0.3, 0.4) is 0 Å². The summed E-state index contributed by atoms with van der Waals surface area (Å²) in [4.78, 5) is 11.2. The molecule has 0 saturated heterocycles. The summed E-state index contributed by atoms with van der Waals surface area (Å²) < 4.78 is 26.3. The van der Waals surface area contributed by atoms with E-state index in [1.165, 1.54) is 24.3 Å². The van der Waals surface area contributed by atoms with E-state index in [0.717, 1.165) is 12.1 Å². The van der Waals surface area contributed by atoms with E-state index in [-0.39, 0.29) is 17.0 Å². The van der Waals surface area contributed by atoms with E-state index in [4.69, 9.17) is 5.73 Å². The highest BCUT2D eigenvalue weighted by atomic mass is 19.1. The van der Waals surface area contributed by atoms with Crippen LogP contribution in [0.25, 0.3) is 0 Å². The molecule has 0 fully saturated rings. The van der Waals surface area contributed by atoms with Crippen molar-refractivity contribution < 1.29 is 18.7 Å². The first kappa shape index (κ1) is 15.4. The molecule has 0 aromatic heterocycles. The molecule has 22 heavy (non-hydrogen) atoms. The molecule has 0 atom stereocenters. The van der Waals surface area contributed by atoms with Crippen molar-refractivity contribution in [2.45, 2.75) is 6.92 Å². The molecule has 0 saturated carbocycles. The zero-order chi connectivity index (χ0) is 16.3. The van der Waals surface area contributed by atoms with Gasteiger partial charge in [0.05, 0.1) is 17.0 Å². The number of rotatable bonds is 4. The summed E-state index contributed by atoms with van der Waals surface area (Å²) in [6.07, 6.45) is 0. The van der Waals surface area contributed by atoms with Gasteiger partial charge in [0, 0.05) is 6.07 Å². The standard InChI is InChI=1S/C15H13F2N3O2/c1-8(9-2-5-14(21)11(6-9)15(18)22)19-20-13-4-3-10(16)7-12(13)17/h2-7,20-21H,1H3,(H2,18,22)/b19-8+. The average molecular weight is 305 g/mol. The Morgan fingerprint density at radius 1 is 1.23 bits per heavy atom. The van der Waals surface area contributed by atoms with E-state index >= 15 is 0 Å². The molecular weight excluding hydrogens is 292 g/mol. The molecule has 5 nitrogen and oxygen atoms in total. The van der Waals surface area contributed by atoms with Crippen LogP contribution < -0.4 is 11.2 Å². The Bertz CT molecular complexity index is 760. The second-order valence-corrected chi connectivity index (χ2v) is 4.53. The van der Waals surface area contributed by atoms with E-state index in [1.807, 2.05) is 0 Å². The molecule has 1 amide bonds. The van der Waals surface area contributed by atoms with Crippen LogP contribution in [0, 0.1) is 11.6 Å². The largest absolute Gasteiger partial charge is 0.507 e. The molecule has 0 aliphatic heterocycles. The Balaban J connectivity index is 2.25. The van der Waals surface area contributed by atoms with Crippen molar-refractivity contribution >= 4 is 17.3 Å². The number of hydrogen-bond acceptors (Lipinski definition) is 4. The molecule has 4 N–H and O–H groups in total. The van der Waals surface area contributed by atoms with Crippen LogP contribution in [-0.2, 0) is 0 Å². The van der Waals surface area contributed by atoms with Crippen LogP contribution >= 0.6 is 0 Å². The van der Waals surface area contributed by atoms with Crippen molar-refractivity contribution in [3.05, 3.63) is 59.2 Å². The first-order valence-electron chi connectivity index (χ1n) is 6.27. The maximum Gasteiger partial charge on any atom is 0.252 e. The van der Waals surface area contributed by atoms with Gasteiger partial charge >= 0.3 is 0 Å². The lowest BCUT2D eigenvalue weighted by Gasteiger charge is -2.07. The molecular formula is C15H13F2N3O2. The summed E-state index contributed by atoms with van der Waals surface area (Å²) in [6.45, 7) is 1.62. The number of carbonyl (C=O) groups excluding carboxylic acids is 1. The third-order valence-electron chi connectivity index (χ3n) is 2.95. The molecule has 0 heterocycles. The van der Waals surface area contributed by atoms with Gasteiger partial charge in [-0.25, -0.2) is 8.78 Å². The Morgan fingerprint density at radius 2 is 1.95 bits per heavy atom. The highest BCUT2D eigenvalue weighted by molar-refractivity contribution is 6.03. The van der Waals surface area contributed by atoms with Crippen LogP contribution in [0.2, 0.25) is 0 Å². The van der Waals surface area contributed by atoms with Gasteiger partial charge in [-0.1, -0.05) is 0 Å². The molecule has 0 radical (unpaired) electrons. The van der Waals surface area contributed by atoms with Gasteiger partial charge in [0.2, 0.25) is 0 Å². The number of hydrazone groups is 1. The number of halogens is 2. The van der Waals surface area contributed by atoms with Gasteiger partial charge in [-0.2, -0.15) is 5.10 Å². The summed E-state index contributed by atoms with van der Waals surface area (Å²) in [7, 11) is 0. The van der Waals surface area contributed by atoms with Crippen molar-refractivity contribution in [2.24, 2.45) is 10.8 Å². The van der Waals surface area contributed by atoms with Gasteiger partial charge < -0.3 is 10.8 Å². The highest BCUT2D eigenvalue weighted by Gasteiger charge is 2.10. The number of nitrogens with zero attached hydrogens (tertiary/aromatic N) is 1. The number of amides is 1. The van der Waals surface area contributed by atoms with Crippen molar-refractivity contribution in [3.8, 4) is 5.75 Å². The molecule has 0 spiro atoms. The number of aromatic hydroxyl groups is 1. The summed E-state index contributed by atoms with van der Waals surface area (Å²) >= 11 is 0. The van der Waals surface area contributed by atoms with Gasteiger partial charge in [-0.15, -0.1) is 0 Å². The summed E-state index contributed by atoms with van der Waals surface area (Å²) in [6, 6.07) is 7.27. The van der Waals surface area contributed by atoms with Crippen molar-refractivity contribution in [3.63, 3.8) is 0 Å². The molecule has 7 heteroatoms. The number of anilines is 1. The molecule has 0 unspecified atom stereocenters. The minimum Gasteiger partial charge on any atom is -0.507 e. The second kappa shape index (κ2) is 6.21. The topological polar surface area (TPSA) is 87.7 Å². The number of benzene rings is 2. The first-order valence-corrected chi connectivity index (χ1v) is 6.27. The molecule has 2 aromatic rings. The van der Waals surface area contributed by atoms with Crippen LogP contribution in [0.5, 0.6) is 5.75 Å². The van der Waals surface area contributed by atoms with Crippen LogP contribution in [0.1, 0.15) is 22.8 Å². The fourth-order valence-electron chi connectivity index (χ4n) is 1.75. The lowest BCUT2D eigenvalue weighted by Crippen LogP contribution is -2.12. The number of nitrogens with two attached hydrogens (primary N) is 1. The maximum absolute atomic E-state index is 13.5. The van der Waals surface area contributed by atoms with Crippen LogP contribution in [0.15, 0.2) is 41.5 Å². The summed E-state index contributed by atoms with van der Waals surface area (Å²) in [5.74, 6) is -2.47. The second-order valence-electron chi connectivity index (χ2n) is 4.53. The lowest BCUT2D eigenvalue weighted by atomic mass is 10.1. The molecule has 0 aliphatic carbocycles. The SMILES string of the molecule is C/C(=N\Nc1ccc(F)cc1F)c1ccc(O)c(C(N)=O)c1. The highest BCUT2D eigenvalue weighted by Crippen LogP contribution is 2.19. The smallest absolute Gasteiger partial charge is 0.252 e. The minimum atomic E-state index is -0.778. The van der Waals surface area contributed by atoms with E-state index in [0.29, 0.717) is 11.3 Å². The van der Waals surface area contributed by atoms with Gasteiger partial charge in [-0.3, -0.25) is 10.2 Å². The fourth-order valence-corrected chi connectivity index (χ4v) is 1.75. The number of nitrogens with one attached hydrogen (secondary N) is 1. The first-order chi connectivity index (χ1) is 10.4. The molecule has 2 rings (SSSR count). The molecule has 2 aromatic carbocycles. The Hall–Kier alpha value is -2.96. The zero-order valence-electron chi connectivity index (χ0n) is 11.6. The summed E-state index contributed by atoms with van der Waals surface area (Å²) in [5.41, 5.74) is 8.52. The Labute approximate surface area is 125 Å². The van der Waals surface area contributed by atoms with Gasteiger partial charge in [-0.05, 0) is 42.8 Å². The number of primary amides is 1. The Kier molecular flexibility index (Phi) is 4.36. The predicted molar refractivity (Wildman–Crippen MR) is 78.8 cm³/mol. The number of hydrogen-bond donors (Lipinski definition) is 3. The van der Waals surface area contributed by atoms with E-state index < -0.39 is 17.5 Å². The van der Waals surface area contributed by atoms with Crippen LogP contribution in [0.4, 0.5) is 14.5 Å². The Morgan fingerprint density at radius 3 is 2.59 bits per heavy atom. The quantitative estimate of drug-likeness (QED) is 0.599. The average Bonchev–Trinajstić information content (AvgIpc) is 2.46. The lowest BCUT2D eigenvalue weighted by molar-refractivity contribution is 0.0997. The third-order valence-corrected chi connectivity index (χ3v) is 2.95. The van der Waals surface area contributed by atoms with Gasteiger partial charge in [0.25, 0.3) is 5.91 Å². The number of phenols is 1. The van der Waals surface area contributed by atoms with Crippen molar-refractivity contribution in [1.82, 2.24) is 0 Å². The van der Waals surface area contributed by atoms with Crippen molar-refractivity contribution in [1.29, 1.82) is 0 Å². The van der Waals surface area contributed by atoms with Gasteiger partial charge in [0.15, 0.2) is 5.82 Å². The third kappa shape index (κ3) is 3.38. The molecule has 114 valence electrons. The van der Waals surface area contributed by atoms with Crippen molar-refractivity contribution in [2.75, 3.05) is 5.43 Å². The van der Waals surface area contributed by atoms with Gasteiger partial charge in [0.1, 0.15) is 11.6 Å². The predicted octanol–water partition coefficient (Wildman–Crippen LogP) is 2.61.